The average molecular weight is 287 g/mol. The summed E-state index contributed by atoms with van der Waals surface area (Å²) in [5.41, 5.74) is 0.783. The maximum absolute atomic E-state index is 12.1. The van der Waals surface area contributed by atoms with Crippen LogP contribution in [0.2, 0.25) is 0 Å². The number of rotatable bonds is 5. The van der Waals surface area contributed by atoms with Gasteiger partial charge in [-0.1, -0.05) is 37.5 Å². The summed E-state index contributed by atoms with van der Waals surface area (Å²) in [7, 11) is 1.57. The second-order valence-corrected chi connectivity index (χ2v) is 5.43. The lowest BCUT2D eigenvalue weighted by Crippen LogP contribution is -2.28. The van der Waals surface area contributed by atoms with E-state index in [0.29, 0.717) is 5.75 Å². The molecular formula is C17H21NO3. The van der Waals surface area contributed by atoms with E-state index in [1.165, 1.54) is 6.42 Å². The number of para-hydroxylation sites is 1. The molecule has 0 aromatic heterocycles. The van der Waals surface area contributed by atoms with Gasteiger partial charge in [-0.15, -0.1) is 0 Å². The first-order valence-corrected chi connectivity index (χ1v) is 7.45. The third-order valence-electron chi connectivity index (χ3n) is 3.99. The largest absolute Gasteiger partial charge is 0.496 e. The summed E-state index contributed by atoms with van der Waals surface area (Å²) in [5.74, 6) is 0.489. The molecule has 21 heavy (non-hydrogen) atoms. The number of benzene rings is 1. The van der Waals surface area contributed by atoms with Crippen molar-refractivity contribution in [2.75, 3.05) is 7.11 Å². The van der Waals surface area contributed by atoms with Crippen LogP contribution in [-0.4, -0.2) is 19.2 Å². The van der Waals surface area contributed by atoms with Crippen LogP contribution in [0.5, 0.6) is 5.75 Å². The third kappa shape index (κ3) is 4.22. The van der Waals surface area contributed by atoms with Crippen molar-refractivity contribution in [1.82, 2.24) is 0 Å². The fourth-order valence-corrected chi connectivity index (χ4v) is 2.85. The van der Waals surface area contributed by atoms with E-state index in [1.807, 2.05) is 24.3 Å². The number of methoxy groups -OCH3 is 1. The Morgan fingerprint density at radius 3 is 2.71 bits per heavy atom. The second kappa shape index (κ2) is 7.68. The Bertz CT molecular complexity index is 515. The topological polar surface area (TPSA) is 59.3 Å². The van der Waals surface area contributed by atoms with Crippen LogP contribution in [-0.2, 0) is 16.0 Å². The summed E-state index contributed by atoms with van der Waals surface area (Å²) < 4.78 is 10.6. The van der Waals surface area contributed by atoms with Crippen LogP contribution >= 0.6 is 0 Å². The first kappa shape index (κ1) is 15.4. The van der Waals surface area contributed by atoms with Gasteiger partial charge in [-0.25, -0.2) is 0 Å². The number of nitrogens with zero attached hydrogens (tertiary/aromatic N) is 1. The van der Waals surface area contributed by atoms with Crippen LogP contribution in [0, 0.1) is 17.2 Å². The molecule has 0 spiro atoms. The Morgan fingerprint density at radius 1 is 1.33 bits per heavy atom. The Morgan fingerprint density at radius 2 is 2.05 bits per heavy atom. The monoisotopic (exact) mass is 287 g/mol. The SMILES string of the molecule is COc1ccccc1CC(=O)O[C@@H](C#N)C1CCCCC1. The molecule has 0 saturated heterocycles. The fraction of sp³-hybridized carbons (Fsp3) is 0.529. The summed E-state index contributed by atoms with van der Waals surface area (Å²) in [5, 5.41) is 9.24. The van der Waals surface area contributed by atoms with Crippen molar-refractivity contribution in [1.29, 1.82) is 5.26 Å². The van der Waals surface area contributed by atoms with Gasteiger partial charge < -0.3 is 9.47 Å². The highest BCUT2D eigenvalue weighted by molar-refractivity contribution is 5.74. The van der Waals surface area contributed by atoms with Crippen molar-refractivity contribution >= 4 is 5.97 Å². The zero-order valence-electron chi connectivity index (χ0n) is 12.4. The molecule has 0 bridgehead atoms. The van der Waals surface area contributed by atoms with Crippen LogP contribution in [0.4, 0.5) is 0 Å². The molecule has 1 aromatic rings. The number of carbonyl (C=O) groups excluding carboxylic acids is 1. The molecule has 0 radical (unpaired) electrons. The van der Waals surface area contributed by atoms with E-state index < -0.39 is 6.10 Å². The molecule has 1 fully saturated rings. The van der Waals surface area contributed by atoms with Crippen molar-refractivity contribution in [2.24, 2.45) is 5.92 Å². The molecule has 1 aliphatic carbocycles. The van der Waals surface area contributed by atoms with Crippen LogP contribution < -0.4 is 4.74 Å². The molecule has 0 unspecified atom stereocenters. The molecule has 4 heteroatoms. The highest BCUT2D eigenvalue weighted by atomic mass is 16.5. The van der Waals surface area contributed by atoms with Crippen LogP contribution in [0.3, 0.4) is 0 Å². The molecule has 0 N–H and O–H groups in total. The highest BCUT2D eigenvalue weighted by Crippen LogP contribution is 2.28. The van der Waals surface area contributed by atoms with E-state index in [9.17, 15) is 10.1 Å². The van der Waals surface area contributed by atoms with Crippen molar-refractivity contribution in [3.8, 4) is 11.8 Å². The summed E-state index contributed by atoms with van der Waals surface area (Å²) >= 11 is 0. The summed E-state index contributed by atoms with van der Waals surface area (Å²) in [6.07, 6.45) is 4.91. The Labute approximate surface area is 125 Å². The fourth-order valence-electron chi connectivity index (χ4n) is 2.85. The maximum atomic E-state index is 12.1. The van der Waals surface area contributed by atoms with E-state index in [2.05, 4.69) is 6.07 Å². The standard InChI is InChI=1S/C17H21NO3/c1-20-15-10-6-5-9-14(15)11-17(19)21-16(12-18)13-7-3-2-4-8-13/h5-6,9-10,13,16H,2-4,7-8,11H2,1H3/t16-/m0/s1. The number of esters is 1. The predicted molar refractivity (Wildman–Crippen MR) is 78.8 cm³/mol. The molecule has 0 aliphatic heterocycles. The maximum Gasteiger partial charge on any atom is 0.311 e. The molecule has 1 saturated carbocycles. The van der Waals surface area contributed by atoms with Gasteiger partial charge in [0.15, 0.2) is 6.10 Å². The Balaban J connectivity index is 1.95. The van der Waals surface area contributed by atoms with Crippen molar-refractivity contribution in [3.63, 3.8) is 0 Å². The average Bonchev–Trinajstić information content (AvgIpc) is 2.54. The van der Waals surface area contributed by atoms with Gasteiger partial charge in [-0.3, -0.25) is 4.79 Å². The van der Waals surface area contributed by atoms with E-state index in [0.717, 1.165) is 31.2 Å². The van der Waals surface area contributed by atoms with E-state index in [-0.39, 0.29) is 18.3 Å². The normalized spacial score (nSPS) is 16.8. The quantitative estimate of drug-likeness (QED) is 0.780. The zero-order valence-corrected chi connectivity index (χ0v) is 12.4. The van der Waals surface area contributed by atoms with Crippen LogP contribution in [0.15, 0.2) is 24.3 Å². The first-order valence-electron chi connectivity index (χ1n) is 7.45. The van der Waals surface area contributed by atoms with Gasteiger partial charge in [0.05, 0.1) is 13.5 Å². The van der Waals surface area contributed by atoms with Crippen molar-refractivity contribution in [3.05, 3.63) is 29.8 Å². The van der Waals surface area contributed by atoms with E-state index >= 15 is 0 Å². The van der Waals surface area contributed by atoms with E-state index in [4.69, 9.17) is 9.47 Å². The Hall–Kier alpha value is -2.02. The number of ether oxygens (including phenoxy) is 2. The zero-order chi connectivity index (χ0) is 15.1. The van der Waals surface area contributed by atoms with E-state index in [1.54, 1.807) is 7.11 Å². The third-order valence-corrected chi connectivity index (χ3v) is 3.99. The molecule has 1 aromatic carbocycles. The van der Waals surface area contributed by atoms with Gasteiger partial charge in [-0.2, -0.15) is 5.26 Å². The molecule has 4 nitrogen and oxygen atoms in total. The lowest BCUT2D eigenvalue weighted by atomic mass is 9.85. The molecule has 0 heterocycles. The summed E-state index contributed by atoms with van der Waals surface area (Å²) in [4.78, 5) is 12.1. The first-order chi connectivity index (χ1) is 10.2. The van der Waals surface area contributed by atoms with Crippen LogP contribution in [0.25, 0.3) is 0 Å². The van der Waals surface area contributed by atoms with Gasteiger partial charge >= 0.3 is 5.97 Å². The smallest absolute Gasteiger partial charge is 0.311 e. The molecular weight excluding hydrogens is 266 g/mol. The summed E-state index contributed by atoms with van der Waals surface area (Å²) in [6.45, 7) is 0. The Kier molecular flexibility index (Phi) is 5.62. The minimum atomic E-state index is -0.618. The molecule has 1 atom stereocenters. The van der Waals surface area contributed by atoms with Crippen LogP contribution in [0.1, 0.15) is 37.7 Å². The van der Waals surface area contributed by atoms with Gasteiger partial charge in [0, 0.05) is 11.5 Å². The summed E-state index contributed by atoms with van der Waals surface area (Å²) in [6, 6.07) is 9.50. The minimum Gasteiger partial charge on any atom is -0.496 e. The number of nitriles is 1. The molecule has 112 valence electrons. The molecule has 0 amide bonds. The number of hydrogen-bond donors (Lipinski definition) is 0. The van der Waals surface area contributed by atoms with Gasteiger partial charge in [0.25, 0.3) is 0 Å². The molecule has 2 rings (SSSR count). The van der Waals surface area contributed by atoms with Gasteiger partial charge in [0.2, 0.25) is 0 Å². The minimum absolute atomic E-state index is 0.134. The lowest BCUT2D eigenvalue weighted by Gasteiger charge is -2.25. The molecule has 1 aliphatic rings. The lowest BCUT2D eigenvalue weighted by molar-refractivity contribution is -0.148. The highest BCUT2D eigenvalue weighted by Gasteiger charge is 2.26. The second-order valence-electron chi connectivity index (χ2n) is 5.43. The predicted octanol–water partition coefficient (Wildman–Crippen LogP) is 3.25. The van der Waals surface area contributed by atoms with Gasteiger partial charge in [0.1, 0.15) is 11.8 Å². The van der Waals surface area contributed by atoms with Crippen molar-refractivity contribution in [2.45, 2.75) is 44.6 Å². The van der Waals surface area contributed by atoms with Crippen molar-refractivity contribution < 1.29 is 14.3 Å². The number of hydrogen-bond acceptors (Lipinski definition) is 4. The van der Waals surface area contributed by atoms with Gasteiger partial charge in [-0.05, 0) is 18.9 Å². The number of carbonyl (C=O) groups is 1.